The normalized spacial score (nSPS) is 17.4. The van der Waals surface area contributed by atoms with E-state index in [1.165, 1.54) is 12.1 Å². The fraction of sp³-hybridized carbons (Fsp3) is 0.444. The predicted octanol–water partition coefficient (Wildman–Crippen LogP) is 4.06. The zero-order valence-corrected chi connectivity index (χ0v) is 15.0. The van der Waals surface area contributed by atoms with Crippen molar-refractivity contribution in [3.63, 3.8) is 0 Å². The van der Waals surface area contributed by atoms with E-state index < -0.39 is 11.9 Å². The van der Waals surface area contributed by atoms with Crippen LogP contribution >= 0.6 is 0 Å². The van der Waals surface area contributed by atoms with Crippen molar-refractivity contribution in [2.75, 3.05) is 18.0 Å². The number of nitrogens with one attached hydrogen (secondary N) is 1. The monoisotopic (exact) mass is 376 g/mol. The van der Waals surface area contributed by atoms with Crippen molar-refractivity contribution in [3.8, 4) is 11.3 Å². The molecule has 6 nitrogen and oxygen atoms in total. The molecule has 27 heavy (non-hydrogen) atoms. The Morgan fingerprint density at radius 3 is 2.59 bits per heavy atom. The summed E-state index contributed by atoms with van der Waals surface area (Å²) in [6.45, 7) is 6.22. The average molecular weight is 376 g/mol. The van der Waals surface area contributed by atoms with Gasteiger partial charge in [0.2, 0.25) is 5.65 Å². The largest absolute Gasteiger partial charge is 0.434 e. The zero-order chi connectivity index (χ0) is 19.2. The number of aromatic nitrogens is 5. The third-order valence-electron chi connectivity index (χ3n) is 5.04. The molecule has 142 valence electrons. The van der Waals surface area contributed by atoms with Crippen LogP contribution in [0.1, 0.15) is 32.4 Å². The summed E-state index contributed by atoms with van der Waals surface area (Å²) < 4.78 is 39.8. The Balaban J connectivity index is 1.71. The molecular weight excluding hydrogens is 357 g/mol. The van der Waals surface area contributed by atoms with Crippen molar-refractivity contribution in [2.45, 2.75) is 32.9 Å². The maximum atomic E-state index is 13.3. The first-order valence-electron chi connectivity index (χ1n) is 8.73. The van der Waals surface area contributed by atoms with Crippen molar-refractivity contribution < 1.29 is 13.2 Å². The number of alkyl halides is 3. The summed E-state index contributed by atoms with van der Waals surface area (Å²) in [5.74, 6) is 0.693. The van der Waals surface area contributed by atoms with E-state index in [1.54, 1.807) is 6.20 Å². The van der Waals surface area contributed by atoms with Crippen LogP contribution in [0.25, 0.3) is 22.4 Å². The van der Waals surface area contributed by atoms with Gasteiger partial charge in [-0.1, -0.05) is 13.8 Å². The molecule has 0 radical (unpaired) electrons. The first kappa shape index (κ1) is 17.7. The summed E-state index contributed by atoms with van der Waals surface area (Å²) in [6.07, 6.45) is 0.240. The molecule has 4 heterocycles. The smallest absolute Gasteiger partial charge is 0.355 e. The highest BCUT2D eigenvalue weighted by Gasteiger charge is 2.36. The molecule has 9 heteroatoms. The van der Waals surface area contributed by atoms with E-state index in [4.69, 9.17) is 0 Å². The molecule has 1 N–H and O–H groups in total. The predicted molar refractivity (Wildman–Crippen MR) is 95.1 cm³/mol. The number of piperidine rings is 1. The van der Waals surface area contributed by atoms with Crippen LogP contribution in [0.2, 0.25) is 0 Å². The number of fused-ring (bicyclic) bond motifs is 1. The van der Waals surface area contributed by atoms with Gasteiger partial charge in [-0.05, 0) is 30.4 Å². The van der Waals surface area contributed by atoms with Crippen LogP contribution in [0.5, 0.6) is 0 Å². The quantitative estimate of drug-likeness (QED) is 0.730. The van der Waals surface area contributed by atoms with E-state index in [0.29, 0.717) is 22.4 Å². The molecule has 4 rings (SSSR count). The Bertz CT molecular complexity index is 969. The fourth-order valence-corrected chi connectivity index (χ4v) is 3.30. The standard InChI is InChI=1S/C18H19F3N6/c1-17(2)5-8-27(9-6-17)12-10-23-14-13(25-26-16(14)24-12)11-4-3-7-22-15(11)18(19,20)21/h3-4,7,10H,5-6,8-9H2,1-2H3,(H,24,25,26). The number of halogens is 3. The number of anilines is 1. The van der Waals surface area contributed by atoms with Crippen molar-refractivity contribution in [2.24, 2.45) is 5.41 Å². The van der Waals surface area contributed by atoms with Gasteiger partial charge in [0.15, 0.2) is 5.69 Å². The van der Waals surface area contributed by atoms with Crippen LogP contribution in [0.15, 0.2) is 24.5 Å². The molecule has 0 saturated carbocycles. The van der Waals surface area contributed by atoms with Gasteiger partial charge >= 0.3 is 6.18 Å². The van der Waals surface area contributed by atoms with Gasteiger partial charge < -0.3 is 4.90 Å². The van der Waals surface area contributed by atoms with Crippen LogP contribution in [-0.2, 0) is 6.18 Å². The van der Waals surface area contributed by atoms with Crippen molar-refractivity contribution in [1.82, 2.24) is 25.1 Å². The van der Waals surface area contributed by atoms with Crippen molar-refractivity contribution in [1.29, 1.82) is 0 Å². The number of H-pyrrole nitrogens is 1. The van der Waals surface area contributed by atoms with Crippen LogP contribution in [0.3, 0.4) is 0 Å². The fourth-order valence-electron chi connectivity index (χ4n) is 3.30. The van der Waals surface area contributed by atoms with Crippen LogP contribution in [0.4, 0.5) is 19.0 Å². The van der Waals surface area contributed by atoms with E-state index in [9.17, 15) is 13.2 Å². The summed E-state index contributed by atoms with van der Waals surface area (Å²) in [7, 11) is 0. The van der Waals surface area contributed by atoms with Crippen molar-refractivity contribution >= 4 is 17.0 Å². The minimum atomic E-state index is -4.57. The molecule has 0 unspecified atom stereocenters. The molecule has 0 aliphatic carbocycles. The maximum absolute atomic E-state index is 13.3. The Hall–Kier alpha value is -2.71. The Morgan fingerprint density at radius 1 is 1.15 bits per heavy atom. The second-order valence-corrected chi connectivity index (χ2v) is 7.55. The lowest BCUT2D eigenvalue weighted by Gasteiger charge is -2.37. The molecule has 1 aliphatic heterocycles. The number of rotatable bonds is 2. The van der Waals surface area contributed by atoms with Crippen LogP contribution in [-0.4, -0.2) is 38.2 Å². The molecule has 0 spiro atoms. The molecule has 1 saturated heterocycles. The first-order chi connectivity index (χ1) is 12.7. The Kier molecular flexibility index (Phi) is 4.05. The second kappa shape index (κ2) is 6.17. The van der Waals surface area contributed by atoms with E-state index in [1.807, 2.05) is 0 Å². The number of pyridine rings is 1. The molecule has 1 aliphatic rings. The molecule has 0 aromatic carbocycles. The maximum Gasteiger partial charge on any atom is 0.434 e. The molecule has 0 bridgehead atoms. The van der Waals surface area contributed by atoms with Crippen LogP contribution in [0, 0.1) is 5.41 Å². The Labute approximate surface area is 153 Å². The minimum Gasteiger partial charge on any atom is -0.355 e. The third-order valence-corrected chi connectivity index (χ3v) is 5.04. The lowest BCUT2D eigenvalue weighted by molar-refractivity contribution is -0.140. The third kappa shape index (κ3) is 3.33. The summed E-state index contributed by atoms with van der Waals surface area (Å²) in [4.78, 5) is 14.5. The zero-order valence-electron chi connectivity index (χ0n) is 15.0. The molecular formula is C18H19F3N6. The van der Waals surface area contributed by atoms with Gasteiger partial charge in [-0.3, -0.25) is 10.1 Å². The van der Waals surface area contributed by atoms with Gasteiger partial charge in [0.05, 0.1) is 11.9 Å². The number of hydrogen-bond donors (Lipinski definition) is 1. The van der Waals surface area contributed by atoms with Gasteiger partial charge in [-0.2, -0.15) is 18.3 Å². The summed E-state index contributed by atoms with van der Waals surface area (Å²) in [6, 6.07) is 2.81. The van der Waals surface area contributed by atoms with Gasteiger partial charge in [-0.25, -0.2) is 9.97 Å². The lowest BCUT2D eigenvalue weighted by Crippen LogP contribution is -2.37. The highest BCUT2D eigenvalue weighted by molar-refractivity contribution is 5.88. The van der Waals surface area contributed by atoms with Gasteiger partial charge in [0.1, 0.15) is 11.3 Å². The highest BCUT2D eigenvalue weighted by Crippen LogP contribution is 2.37. The van der Waals surface area contributed by atoms with E-state index >= 15 is 0 Å². The van der Waals surface area contributed by atoms with E-state index in [2.05, 4.69) is 43.9 Å². The highest BCUT2D eigenvalue weighted by atomic mass is 19.4. The lowest BCUT2D eigenvalue weighted by atomic mass is 9.83. The minimum absolute atomic E-state index is 0.0886. The molecule has 1 fully saturated rings. The molecule has 3 aromatic rings. The molecule has 0 atom stereocenters. The van der Waals surface area contributed by atoms with Crippen LogP contribution < -0.4 is 4.90 Å². The summed E-state index contributed by atoms with van der Waals surface area (Å²) >= 11 is 0. The second-order valence-electron chi connectivity index (χ2n) is 7.55. The van der Waals surface area contributed by atoms with Crippen molar-refractivity contribution in [3.05, 3.63) is 30.2 Å². The number of hydrogen-bond acceptors (Lipinski definition) is 5. The average Bonchev–Trinajstić information content (AvgIpc) is 3.04. The molecule has 3 aromatic heterocycles. The van der Waals surface area contributed by atoms with E-state index in [0.717, 1.165) is 32.1 Å². The van der Waals surface area contributed by atoms with Gasteiger partial charge in [-0.15, -0.1) is 0 Å². The Morgan fingerprint density at radius 2 is 1.89 bits per heavy atom. The summed E-state index contributed by atoms with van der Waals surface area (Å²) in [5.41, 5.74) is 0.0130. The first-order valence-corrected chi connectivity index (χ1v) is 8.73. The number of aromatic amines is 1. The van der Waals surface area contributed by atoms with E-state index in [-0.39, 0.29) is 11.3 Å². The molecule has 0 amide bonds. The van der Waals surface area contributed by atoms with Gasteiger partial charge in [0.25, 0.3) is 0 Å². The SMILES string of the molecule is CC1(C)CCN(c2cnc3c(-c4cccnc4C(F)(F)F)[nH]nc3n2)CC1. The summed E-state index contributed by atoms with van der Waals surface area (Å²) in [5, 5.41) is 6.73. The van der Waals surface area contributed by atoms with Gasteiger partial charge in [0, 0.05) is 24.8 Å². The topological polar surface area (TPSA) is 70.6 Å². The number of nitrogens with zero attached hydrogens (tertiary/aromatic N) is 5.